The van der Waals surface area contributed by atoms with E-state index in [0.717, 1.165) is 15.2 Å². The van der Waals surface area contributed by atoms with E-state index in [2.05, 4.69) is 53.4 Å². The van der Waals surface area contributed by atoms with Crippen LogP contribution in [0.4, 0.5) is 0 Å². The van der Waals surface area contributed by atoms with E-state index in [-0.39, 0.29) is 0 Å². The van der Waals surface area contributed by atoms with Crippen LogP contribution < -0.4 is 0 Å². The van der Waals surface area contributed by atoms with Gasteiger partial charge in [-0.15, -0.1) is 0 Å². The van der Waals surface area contributed by atoms with Crippen molar-refractivity contribution in [3.05, 3.63) is 33.4 Å². The summed E-state index contributed by atoms with van der Waals surface area (Å²) in [5, 5.41) is 2.06. The topological polar surface area (TPSA) is 4.93 Å². The summed E-state index contributed by atoms with van der Waals surface area (Å²) in [4.78, 5) is 0. The monoisotopic (exact) mass is 285 g/mol. The van der Waals surface area contributed by atoms with E-state index in [4.69, 9.17) is 11.6 Å². The van der Waals surface area contributed by atoms with Gasteiger partial charge in [0.25, 0.3) is 0 Å². The molecule has 0 saturated carbocycles. The number of para-hydroxylation sites is 1. The molecule has 0 amide bonds. The molecule has 0 aliphatic rings. The molecule has 2 rings (SSSR count). The molecule has 1 aromatic carbocycles. The minimum absolute atomic E-state index is 0.368. The minimum Gasteiger partial charge on any atom is -0.328 e. The Hall–Kier alpha value is -0.470. The van der Waals surface area contributed by atoms with Gasteiger partial charge in [-0.25, -0.2) is 0 Å². The van der Waals surface area contributed by atoms with Gasteiger partial charge in [0, 0.05) is 15.9 Å². The summed E-state index contributed by atoms with van der Waals surface area (Å²) in [6.45, 7) is 6.35. The van der Waals surface area contributed by atoms with E-state index in [1.54, 1.807) is 0 Å². The van der Waals surface area contributed by atoms with E-state index < -0.39 is 0 Å². The lowest BCUT2D eigenvalue weighted by atomic mass is 10.2. The Morgan fingerprint density at radius 3 is 2.60 bits per heavy atom. The molecule has 3 heteroatoms. The van der Waals surface area contributed by atoms with Crippen LogP contribution in [-0.2, 0) is 0 Å². The smallest absolute Gasteiger partial charge is 0.113 e. The van der Waals surface area contributed by atoms with Crippen molar-refractivity contribution in [1.82, 2.24) is 4.57 Å². The van der Waals surface area contributed by atoms with Gasteiger partial charge in [0.05, 0.1) is 5.52 Å². The van der Waals surface area contributed by atoms with Crippen LogP contribution in [0.2, 0.25) is 5.15 Å². The first kappa shape index (κ1) is 11.0. The standard InChI is InChI=1S/C12H13BrClN/c1-7(2)15-11-9(8(3)12(15)14)5-4-6-10(11)13/h4-7H,1-3H3. The van der Waals surface area contributed by atoms with E-state index in [9.17, 15) is 0 Å². The number of halogens is 2. The zero-order valence-electron chi connectivity index (χ0n) is 9.01. The molecule has 0 aliphatic heterocycles. The number of hydrogen-bond acceptors (Lipinski definition) is 0. The number of benzene rings is 1. The lowest BCUT2D eigenvalue weighted by Crippen LogP contribution is -2.00. The van der Waals surface area contributed by atoms with Crippen LogP contribution in [0.1, 0.15) is 25.5 Å². The second-order valence-electron chi connectivity index (χ2n) is 4.02. The van der Waals surface area contributed by atoms with Crippen LogP contribution in [0.25, 0.3) is 10.9 Å². The largest absolute Gasteiger partial charge is 0.328 e. The van der Waals surface area contributed by atoms with Crippen LogP contribution >= 0.6 is 27.5 Å². The van der Waals surface area contributed by atoms with Gasteiger partial charge in [-0.1, -0.05) is 23.7 Å². The third-order valence-electron chi connectivity index (χ3n) is 2.67. The number of nitrogens with zero attached hydrogens (tertiary/aromatic N) is 1. The first-order valence-electron chi connectivity index (χ1n) is 4.98. The van der Waals surface area contributed by atoms with Gasteiger partial charge in [0.15, 0.2) is 0 Å². The van der Waals surface area contributed by atoms with Gasteiger partial charge in [0.1, 0.15) is 5.15 Å². The molecule has 0 atom stereocenters. The molecule has 0 N–H and O–H groups in total. The van der Waals surface area contributed by atoms with Crippen LogP contribution in [0.3, 0.4) is 0 Å². The summed E-state index contributed by atoms with van der Waals surface area (Å²) in [7, 11) is 0. The highest BCUT2D eigenvalue weighted by atomic mass is 79.9. The van der Waals surface area contributed by atoms with Crippen LogP contribution in [0, 0.1) is 6.92 Å². The van der Waals surface area contributed by atoms with E-state index in [1.807, 2.05) is 6.07 Å². The number of fused-ring (bicyclic) bond motifs is 1. The van der Waals surface area contributed by atoms with E-state index in [0.29, 0.717) is 6.04 Å². The SMILES string of the molecule is Cc1c(Cl)n(C(C)C)c2c(Br)cccc12. The minimum atomic E-state index is 0.368. The molecule has 0 aliphatic carbocycles. The summed E-state index contributed by atoms with van der Waals surface area (Å²) >= 11 is 9.93. The summed E-state index contributed by atoms with van der Waals surface area (Å²) < 4.78 is 3.26. The molecule has 15 heavy (non-hydrogen) atoms. The average molecular weight is 287 g/mol. The Morgan fingerprint density at radius 1 is 1.33 bits per heavy atom. The van der Waals surface area contributed by atoms with Gasteiger partial charge >= 0.3 is 0 Å². The van der Waals surface area contributed by atoms with Gasteiger partial charge in [-0.05, 0) is 48.3 Å². The van der Waals surface area contributed by atoms with E-state index in [1.165, 1.54) is 10.9 Å². The van der Waals surface area contributed by atoms with Crippen molar-refractivity contribution in [1.29, 1.82) is 0 Å². The van der Waals surface area contributed by atoms with Crippen molar-refractivity contribution in [2.45, 2.75) is 26.8 Å². The Kier molecular flexibility index (Phi) is 2.82. The van der Waals surface area contributed by atoms with Crippen LogP contribution in [0.15, 0.2) is 22.7 Å². The lowest BCUT2D eigenvalue weighted by Gasteiger charge is -2.12. The first-order chi connectivity index (χ1) is 7.04. The zero-order valence-corrected chi connectivity index (χ0v) is 11.4. The predicted octanol–water partition coefficient (Wildman–Crippen LogP) is 4.95. The molecule has 0 bridgehead atoms. The maximum atomic E-state index is 6.35. The van der Waals surface area contributed by atoms with Crippen molar-refractivity contribution in [2.24, 2.45) is 0 Å². The first-order valence-corrected chi connectivity index (χ1v) is 6.15. The molecule has 0 spiro atoms. The lowest BCUT2D eigenvalue weighted by molar-refractivity contribution is 0.622. The third-order valence-corrected chi connectivity index (χ3v) is 3.77. The summed E-state index contributed by atoms with van der Waals surface area (Å²) in [6, 6.07) is 6.57. The normalized spacial score (nSPS) is 11.6. The molecule has 0 fully saturated rings. The molecule has 0 radical (unpaired) electrons. The van der Waals surface area contributed by atoms with Crippen LogP contribution in [0.5, 0.6) is 0 Å². The molecule has 0 saturated heterocycles. The van der Waals surface area contributed by atoms with Crippen LogP contribution in [-0.4, -0.2) is 4.57 Å². The van der Waals surface area contributed by atoms with Crippen molar-refractivity contribution >= 4 is 38.4 Å². The Morgan fingerprint density at radius 2 is 2.00 bits per heavy atom. The zero-order chi connectivity index (χ0) is 11.2. The fourth-order valence-electron chi connectivity index (χ4n) is 1.94. The Labute approximate surface area is 103 Å². The maximum absolute atomic E-state index is 6.35. The molecule has 2 aromatic rings. The predicted molar refractivity (Wildman–Crippen MR) is 69.8 cm³/mol. The Balaban J connectivity index is 2.95. The summed E-state index contributed by atoms with van der Waals surface area (Å²) in [5.41, 5.74) is 2.34. The number of rotatable bonds is 1. The molecule has 0 unspecified atom stereocenters. The quantitative estimate of drug-likeness (QED) is 0.699. The Bertz CT molecular complexity index is 514. The molecule has 80 valence electrons. The van der Waals surface area contributed by atoms with Gasteiger partial charge in [-0.3, -0.25) is 0 Å². The van der Waals surface area contributed by atoms with Gasteiger partial charge in [0.2, 0.25) is 0 Å². The highest BCUT2D eigenvalue weighted by Gasteiger charge is 2.15. The summed E-state index contributed by atoms with van der Waals surface area (Å²) in [5.74, 6) is 0. The molecule has 1 aromatic heterocycles. The molecular weight excluding hydrogens is 273 g/mol. The van der Waals surface area contributed by atoms with Crippen molar-refractivity contribution in [3.8, 4) is 0 Å². The van der Waals surface area contributed by atoms with Crippen molar-refractivity contribution in [2.75, 3.05) is 0 Å². The highest BCUT2D eigenvalue weighted by molar-refractivity contribution is 9.10. The maximum Gasteiger partial charge on any atom is 0.113 e. The molecule has 1 nitrogen and oxygen atoms in total. The fourth-order valence-corrected chi connectivity index (χ4v) is 2.88. The van der Waals surface area contributed by atoms with Crippen molar-refractivity contribution < 1.29 is 0 Å². The molecular formula is C12H13BrClN. The second kappa shape index (κ2) is 3.84. The average Bonchev–Trinajstić information content (AvgIpc) is 2.43. The summed E-state index contributed by atoms with van der Waals surface area (Å²) in [6.07, 6.45) is 0. The fraction of sp³-hybridized carbons (Fsp3) is 0.333. The van der Waals surface area contributed by atoms with Gasteiger partial charge in [-0.2, -0.15) is 0 Å². The van der Waals surface area contributed by atoms with Gasteiger partial charge < -0.3 is 4.57 Å². The second-order valence-corrected chi connectivity index (χ2v) is 5.23. The third kappa shape index (κ3) is 1.60. The molecule has 1 heterocycles. The van der Waals surface area contributed by atoms with E-state index >= 15 is 0 Å². The number of aryl methyl sites for hydroxylation is 1. The number of hydrogen-bond donors (Lipinski definition) is 0. The van der Waals surface area contributed by atoms with Crippen molar-refractivity contribution in [3.63, 3.8) is 0 Å². The number of aromatic nitrogens is 1. The highest BCUT2D eigenvalue weighted by Crippen LogP contribution is 2.36.